The minimum absolute atomic E-state index is 0.00167. The maximum absolute atomic E-state index is 13.1. The molecular formula is C28H33ClN4O3S2. The van der Waals surface area contributed by atoms with E-state index in [1.54, 1.807) is 37.8 Å². The number of carbonyl (C=O) groups excluding carboxylic acids is 2. The fourth-order valence-electron chi connectivity index (χ4n) is 3.72. The van der Waals surface area contributed by atoms with Gasteiger partial charge in [-0.1, -0.05) is 60.0 Å². The number of benzene rings is 2. The van der Waals surface area contributed by atoms with Crippen molar-refractivity contribution in [1.82, 2.24) is 14.8 Å². The number of anilines is 1. The largest absolute Gasteiger partial charge is 0.388 e. The Bertz CT molecular complexity index is 1260. The Labute approximate surface area is 237 Å². The Hall–Kier alpha value is -2.85. The number of rotatable bonds is 7. The molecule has 0 aliphatic carbocycles. The minimum atomic E-state index is -0.00167. The lowest BCUT2D eigenvalue weighted by molar-refractivity contribution is -0.130. The van der Waals surface area contributed by atoms with Gasteiger partial charge in [0.05, 0.1) is 10.4 Å². The third kappa shape index (κ3) is 8.07. The van der Waals surface area contributed by atoms with E-state index in [1.165, 1.54) is 11.3 Å². The summed E-state index contributed by atoms with van der Waals surface area (Å²) in [6.45, 7) is 9.99. The van der Waals surface area contributed by atoms with Crippen LogP contribution in [0.1, 0.15) is 34.0 Å². The number of aromatic nitrogens is 1. The van der Waals surface area contributed by atoms with Crippen molar-refractivity contribution in [3.8, 4) is 0 Å². The highest BCUT2D eigenvalue weighted by molar-refractivity contribution is 8.01. The molecule has 2 heterocycles. The first-order valence-electron chi connectivity index (χ1n) is 12.1. The molecule has 0 radical (unpaired) electrons. The number of nitrogens with zero attached hydrogens (tertiary/aromatic N) is 3. The van der Waals surface area contributed by atoms with Gasteiger partial charge in [0.15, 0.2) is 5.13 Å². The van der Waals surface area contributed by atoms with E-state index in [1.807, 2.05) is 60.5 Å². The van der Waals surface area contributed by atoms with Crippen molar-refractivity contribution < 1.29 is 14.3 Å². The molecule has 1 fully saturated rings. The fraction of sp³-hybridized carbons (Fsp3) is 0.321. The van der Waals surface area contributed by atoms with Crippen molar-refractivity contribution in [1.29, 1.82) is 0 Å². The van der Waals surface area contributed by atoms with E-state index in [2.05, 4.69) is 21.6 Å². The minimum Gasteiger partial charge on any atom is -0.388 e. The van der Waals surface area contributed by atoms with Crippen molar-refractivity contribution in [3.05, 3.63) is 77.5 Å². The van der Waals surface area contributed by atoms with Crippen molar-refractivity contribution in [2.45, 2.75) is 28.8 Å². The molecule has 202 valence electrons. The number of carbonyl (C=O) groups is 2. The average molecular weight is 573 g/mol. The highest BCUT2D eigenvalue weighted by Crippen LogP contribution is 2.37. The number of halogens is 1. The topological polar surface area (TPSA) is 74.8 Å². The second-order valence-electron chi connectivity index (χ2n) is 8.71. The smallest absolute Gasteiger partial charge is 0.254 e. The summed E-state index contributed by atoms with van der Waals surface area (Å²) < 4.78 is 5.26. The van der Waals surface area contributed by atoms with Gasteiger partial charge in [0.25, 0.3) is 5.91 Å². The molecule has 7 nitrogen and oxygen atoms in total. The molecule has 2 aromatic carbocycles. The van der Waals surface area contributed by atoms with E-state index in [9.17, 15) is 9.59 Å². The fourth-order valence-corrected chi connectivity index (χ4v) is 5.88. The molecule has 1 aliphatic heterocycles. The van der Waals surface area contributed by atoms with Gasteiger partial charge in [0, 0.05) is 69.4 Å². The van der Waals surface area contributed by atoms with Crippen LogP contribution < -0.4 is 5.32 Å². The summed E-state index contributed by atoms with van der Waals surface area (Å²) in [6.07, 6.45) is 1.83. The first-order chi connectivity index (χ1) is 18.2. The second-order valence-corrected chi connectivity index (χ2v) is 11.3. The number of amides is 2. The van der Waals surface area contributed by atoms with Crippen LogP contribution >= 0.6 is 34.7 Å². The number of hydrogen-bond donors (Lipinski definition) is 1. The SMILES string of the molecule is C=C(Nc1ncc(Sc2cc(C(=O)N3CCN(C(C)=O)CC3)ccc2C)s1)c1ccc(CCl)cc1.COC. The number of ether oxygens (including phenoxy) is 1. The Kier molecular flexibility index (Phi) is 11.2. The zero-order valence-corrected chi connectivity index (χ0v) is 24.5. The van der Waals surface area contributed by atoms with Gasteiger partial charge in [-0.2, -0.15) is 0 Å². The first-order valence-corrected chi connectivity index (χ1v) is 14.2. The van der Waals surface area contributed by atoms with Crippen molar-refractivity contribution in [3.63, 3.8) is 0 Å². The van der Waals surface area contributed by atoms with Crippen LogP contribution in [0.25, 0.3) is 5.70 Å². The Morgan fingerprint density at radius 1 is 1.08 bits per heavy atom. The number of hydrogen-bond acceptors (Lipinski definition) is 7. The van der Waals surface area contributed by atoms with Gasteiger partial charge in [0.1, 0.15) is 0 Å². The number of methoxy groups -OCH3 is 1. The summed E-state index contributed by atoms with van der Waals surface area (Å²) in [7, 11) is 3.25. The molecule has 1 aromatic heterocycles. The van der Waals surface area contributed by atoms with Crippen LogP contribution in [-0.2, 0) is 15.4 Å². The standard InChI is InChI=1S/C26H27ClN4O2S2.C2H6O/c1-17-4-7-22(25(33)31-12-10-30(11-13-31)19(3)32)14-23(17)34-24-16-28-26(35-24)29-18(2)21-8-5-20(15-27)6-9-21;1-3-2/h4-9,14,16H,2,10-13,15H2,1,3H3,(H,28,29);1-2H3. The van der Waals surface area contributed by atoms with E-state index >= 15 is 0 Å². The van der Waals surface area contributed by atoms with E-state index in [4.69, 9.17) is 11.6 Å². The van der Waals surface area contributed by atoms with Gasteiger partial charge in [-0.05, 0) is 35.7 Å². The quantitative estimate of drug-likeness (QED) is 0.350. The monoisotopic (exact) mass is 572 g/mol. The molecule has 0 unspecified atom stereocenters. The zero-order chi connectivity index (χ0) is 27.7. The predicted molar refractivity (Wildman–Crippen MR) is 157 cm³/mol. The van der Waals surface area contributed by atoms with Crippen molar-refractivity contribution >= 4 is 57.3 Å². The summed E-state index contributed by atoms with van der Waals surface area (Å²) in [5.41, 5.74) is 4.57. The van der Waals surface area contributed by atoms with Crippen molar-refractivity contribution in [2.24, 2.45) is 0 Å². The van der Waals surface area contributed by atoms with Crippen LogP contribution in [0.15, 0.2) is 64.3 Å². The summed E-state index contributed by atoms with van der Waals surface area (Å²) in [5.74, 6) is 0.534. The summed E-state index contributed by atoms with van der Waals surface area (Å²) in [4.78, 5) is 33.7. The molecule has 2 amide bonds. The molecule has 1 saturated heterocycles. The Morgan fingerprint density at radius 3 is 2.29 bits per heavy atom. The summed E-state index contributed by atoms with van der Waals surface area (Å²) in [5, 5.41) is 4.04. The number of thiazole rings is 1. The average Bonchev–Trinajstić information content (AvgIpc) is 3.36. The molecule has 0 bridgehead atoms. The molecule has 0 saturated carbocycles. The highest BCUT2D eigenvalue weighted by atomic mass is 35.5. The Morgan fingerprint density at radius 2 is 1.68 bits per heavy atom. The lowest BCUT2D eigenvalue weighted by atomic mass is 10.1. The molecular weight excluding hydrogens is 540 g/mol. The van der Waals surface area contributed by atoms with Gasteiger partial charge < -0.3 is 19.9 Å². The molecule has 4 rings (SSSR count). The lowest BCUT2D eigenvalue weighted by Gasteiger charge is -2.34. The maximum Gasteiger partial charge on any atom is 0.254 e. The van der Waals surface area contributed by atoms with Gasteiger partial charge >= 0.3 is 0 Å². The van der Waals surface area contributed by atoms with Crippen LogP contribution in [0.3, 0.4) is 0 Å². The lowest BCUT2D eigenvalue weighted by Crippen LogP contribution is -2.50. The van der Waals surface area contributed by atoms with Gasteiger partial charge in [-0.25, -0.2) is 4.98 Å². The molecule has 0 atom stereocenters. The summed E-state index contributed by atoms with van der Waals surface area (Å²) >= 11 is 9.00. The van der Waals surface area contributed by atoms with E-state index in [0.717, 1.165) is 36.6 Å². The van der Waals surface area contributed by atoms with Crippen LogP contribution in [0.5, 0.6) is 0 Å². The normalized spacial score (nSPS) is 13.0. The number of nitrogens with one attached hydrogen (secondary N) is 1. The van der Waals surface area contributed by atoms with Crippen LogP contribution in [0.4, 0.5) is 5.13 Å². The van der Waals surface area contributed by atoms with Crippen LogP contribution in [0.2, 0.25) is 0 Å². The second kappa shape index (κ2) is 14.3. The predicted octanol–water partition coefficient (Wildman–Crippen LogP) is 5.99. The number of alkyl halides is 1. The number of piperazine rings is 1. The Balaban J connectivity index is 0.00000127. The van der Waals surface area contributed by atoms with E-state index in [-0.39, 0.29) is 11.8 Å². The highest BCUT2D eigenvalue weighted by Gasteiger charge is 2.23. The third-order valence-electron chi connectivity index (χ3n) is 5.86. The van der Waals surface area contributed by atoms with E-state index in [0.29, 0.717) is 37.6 Å². The van der Waals surface area contributed by atoms with Crippen LogP contribution in [-0.4, -0.2) is 67.0 Å². The van der Waals surface area contributed by atoms with Gasteiger partial charge in [-0.15, -0.1) is 11.6 Å². The molecule has 1 N–H and O–H groups in total. The first kappa shape index (κ1) is 29.7. The molecule has 3 aromatic rings. The van der Waals surface area contributed by atoms with Crippen LogP contribution in [0, 0.1) is 6.92 Å². The van der Waals surface area contributed by atoms with Gasteiger partial charge in [0.2, 0.25) is 5.91 Å². The molecule has 0 spiro atoms. The molecule has 1 aliphatic rings. The van der Waals surface area contributed by atoms with Gasteiger partial charge in [-0.3, -0.25) is 9.59 Å². The maximum atomic E-state index is 13.1. The molecule has 38 heavy (non-hydrogen) atoms. The zero-order valence-electron chi connectivity index (χ0n) is 22.1. The summed E-state index contributed by atoms with van der Waals surface area (Å²) in [6, 6.07) is 13.7. The third-order valence-corrected chi connectivity index (χ3v) is 8.34. The van der Waals surface area contributed by atoms with Crippen molar-refractivity contribution in [2.75, 3.05) is 45.7 Å². The molecule has 10 heteroatoms. The number of aryl methyl sites for hydroxylation is 1. The van der Waals surface area contributed by atoms with E-state index < -0.39 is 0 Å².